The summed E-state index contributed by atoms with van der Waals surface area (Å²) in [5, 5.41) is 11.2. The molecule has 25 heavy (non-hydrogen) atoms. The number of likely N-dealkylation sites (tertiary alicyclic amines) is 1. The van der Waals surface area contributed by atoms with Gasteiger partial charge in [-0.25, -0.2) is 4.39 Å². The first-order valence-corrected chi connectivity index (χ1v) is 7.77. The molecule has 1 aliphatic rings. The molecule has 0 radical (unpaired) electrons. The first-order chi connectivity index (χ1) is 12.0. The van der Waals surface area contributed by atoms with Crippen molar-refractivity contribution >= 4 is 23.6 Å². The van der Waals surface area contributed by atoms with Crippen LogP contribution in [0.25, 0.3) is 11.8 Å². The number of primary amides is 1. The number of nitrogens with two attached hydrogens (primary N) is 1. The Hall–Kier alpha value is -3.10. The molecule has 1 saturated heterocycles. The first kappa shape index (κ1) is 16.7. The summed E-state index contributed by atoms with van der Waals surface area (Å²) in [7, 11) is 0. The van der Waals surface area contributed by atoms with Gasteiger partial charge in [0.1, 0.15) is 11.5 Å². The Morgan fingerprint density at radius 1 is 1.32 bits per heavy atom. The van der Waals surface area contributed by atoms with E-state index in [1.165, 1.54) is 16.8 Å². The van der Waals surface area contributed by atoms with E-state index in [1.54, 1.807) is 30.0 Å². The van der Waals surface area contributed by atoms with Crippen molar-refractivity contribution in [2.75, 3.05) is 13.1 Å². The van der Waals surface area contributed by atoms with Crippen LogP contribution in [0, 0.1) is 18.7 Å². The number of hydrogen-bond acceptors (Lipinski definition) is 5. The summed E-state index contributed by atoms with van der Waals surface area (Å²) in [5.74, 6) is -1.02. The van der Waals surface area contributed by atoms with Crippen molar-refractivity contribution in [2.24, 2.45) is 11.7 Å². The fraction of sp³-hybridized carbons (Fsp3) is 0.312. The van der Waals surface area contributed by atoms with E-state index >= 15 is 0 Å². The van der Waals surface area contributed by atoms with E-state index in [4.69, 9.17) is 5.73 Å². The van der Waals surface area contributed by atoms with Crippen LogP contribution in [-0.2, 0) is 9.59 Å². The number of hydrogen-bond donors (Lipinski definition) is 1. The Morgan fingerprint density at radius 3 is 2.60 bits per heavy atom. The molecule has 1 aliphatic heterocycles. The molecule has 2 aromatic rings. The molecule has 8 nitrogen and oxygen atoms in total. The number of halogens is 1. The lowest BCUT2D eigenvalue weighted by atomic mass is 10.1. The fourth-order valence-electron chi connectivity index (χ4n) is 2.72. The van der Waals surface area contributed by atoms with Crippen LogP contribution in [0.4, 0.5) is 4.39 Å². The van der Waals surface area contributed by atoms with E-state index in [9.17, 15) is 14.0 Å². The second-order valence-corrected chi connectivity index (χ2v) is 5.86. The van der Waals surface area contributed by atoms with Gasteiger partial charge in [0, 0.05) is 13.1 Å². The molecule has 3 rings (SSSR count). The standard InChI is InChI=1S/C16H17FN6O2/c1-10-19-20-21-23(10)14(8-11-2-4-13(17)5-3-11)16(25)22-7-6-12(9-22)15(18)24/h2-5,8,12H,6-7,9H2,1H3,(H2,18,24)/b14-8+/t12-/m0/s1. The van der Waals surface area contributed by atoms with E-state index < -0.39 is 5.91 Å². The minimum absolute atomic E-state index is 0.222. The van der Waals surface area contributed by atoms with Crippen molar-refractivity contribution in [3.8, 4) is 0 Å². The van der Waals surface area contributed by atoms with Crippen molar-refractivity contribution in [2.45, 2.75) is 13.3 Å². The summed E-state index contributed by atoms with van der Waals surface area (Å²) in [6, 6.07) is 5.72. The Kier molecular flexibility index (Phi) is 4.55. The van der Waals surface area contributed by atoms with E-state index in [1.807, 2.05) is 0 Å². The molecule has 0 spiro atoms. The lowest BCUT2D eigenvalue weighted by Gasteiger charge is -2.18. The molecule has 1 aromatic carbocycles. The zero-order valence-corrected chi connectivity index (χ0v) is 13.6. The number of benzene rings is 1. The lowest BCUT2D eigenvalue weighted by molar-refractivity contribution is -0.125. The van der Waals surface area contributed by atoms with Gasteiger partial charge in [0.05, 0.1) is 5.92 Å². The Morgan fingerprint density at radius 2 is 2.04 bits per heavy atom. The highest BCUT2D eigenvalue weighted by Crippen LogP contribution is 2.21. The monoisotopic (exact) mass is 344 g/mol. The quantitative estimate of drug-likeness (QED) is 0.811. The SMILES string of the molecule is Cc1nnnn1/C(=C/c1ccc(F)cc1)C(=O)N1CC[C@H](C(N)=O)C1. The predicted molar refractivity (Wildman–Crippen MR) is 87.0 cm³/mol. The maximum atomic E-state index is 13.1. The number of aromatic nitrogens is 4. The smallest absolute Gasteiger partial charge is 0.272 e. The zero-order chi connectivity index (χ0) is 18.0. The zero-order valence-electron chi connectivity index (χ0n) is 13.6. The normalized spacial score (nSPS) is 17.8. The molecule has 0 saturated carbocycles. The summed E-state index contributed by atoms with van der Waals surface area (Å²) >= 11 is 0. The second-order valence-electron chi connectivity index (χ2n) is 5.86. The summed E-state index contributed by atoms with van der Waals surface area (Å²) in [6.07, 6.45) is 2.11. The highest BCUT2D eigenvalue weighted by Gasteiger charge is 2.32. The number of amides is 2. The molecule has 2 heterocycles. The van der Waals surface area contributed by atoms with Gasteiger partial charge in [-0.1, -0.05) is 12.1 Å². The van der Waals surface area contributed by atoms with Gasteiger partial charge in [-0.3, -0.25) is 9.59 Å². The van der Waals surface area contributed by atoms with Gasteiger partial charge >= 0.3 is 0 Å². The molecule has 2 amide bonds. The summed E-state index contributed by atoms with van der Waals surface area (Å²) < 4.78 is 14.4. The molecular formula is C16H17FN6O2. The molecule has 130 valence electrons. The van der Waals surface area contributed by atoms with Crippen molar-refractivity contribution in [3.63, 3.8) is 0 Å². The third kappa shape index (κ3) is 3.54. The number of rotatable bonds is 4. The molecule has 0 bridgehead atoms. The van der Waals surface area contributed by atoms with E-state index in [0.717, 1.165) is 0 Å². The van der Waals surface area contributed by atoms with Gasteiger partial charge in [-0.15, -0.1) is 5.10 Å². The maximum absolute atomic E-state index is 13.1. The minimum Gasteiger partial charge on any atom is -0.369 e. The van der Waals surface area contributed by atoms with Crippen molar-refractivity contribution < 1.29 is 14.0 Å². The summed E-state index contributed by atoms with van der Waals surface area (Å²) in [6.45, 7) is 2.35. The third-order valence-electron chi connectivity index (χ3n) is 4.12. The van der Waals surface area contributed by atoms with Gasteiger partial charge in [0.2, 0.25) is 5.91 Å². The fourth-order valence-corrected chi connectivity index (χ4v) is 2.72. The first-order valence-electron chi connectivity index (χ1n) is 7.77. The third-order valence-corrected chi connectivity index (χ3v) is 4.12. The van der Waals surface area contributed by atoms with E-state index in [-0.39, 0.29) is 29.9 Å². The topological polar surface area (TPSA) is 107 Å². The van der Waals surface area contributed by atoms with Gasteiger partial charge in [0.15, 0.2) is 5.82 Å². The molecule has 0 aliphatic carbocycles. The van der Waals surface area contributed by atoms with Crippen LogP contribution >= 0.6 is 0 Å². The molecule has 1 fully saturated rings. The van der Waals surface area contributed by atoms with Crippen LogP contribution in [0.1, 0.15) is 17.8 Å². The Bertz CT molecular complexity index is 829. The number of carbonyl (C=O) groups is 2. The average Bonchev–Trinajstić information content (AvgIpc) is 3.23. The van der Waals surface area contributed by atoms with E-state index in [2.05, 4.69) is 15.5 Å². The number of aryl methyl sites for hydroxylation is 1. The Balaban J connectivity index is 1.95. The second kappa shape index (κ2) is 6.80. The maximum Gasteiger partial charge on any atom is 0.272 e. The lowest BCUT2D eigenvalue weighted by Crippen LogP contribution is -2.33. The molecule has 1 atom stereocenters. The minimum atomic E-state index is -0.419. The number of carbonyl (C=O) groups excluding carboxylic acids is 2. The summed E-state index contributed by atoms with van der Waals surface area (Å²) in [5.41, 5.74) is 6.18. The van der Waals surface area contributed by atoms with Gasteiger partial charge in [-0.2, -0.15) is 4.68 Å². The van der Waals surface area contributed by atoms with Crippen LogP contribution < -0.4 is 5.73 Å². The molecule has 2 N–H and O–H groups in total. The van der Waals surface area contributed by atoms with Gasteiger partial charge in [-0.05, 0) is 47.5 Å². The molecule has 0 unspecified atom stereocenters. The van der Waals surface area contributed by atoms with Crippen LogP contribution in [-0.4, -0.2) is 50.0 Å². The van der Waals surface area contributed by atoms with Gasteiger partial charge in [0.25, 0.3) is 5.91 Å². The van der Waals surface area contributed by atoms with Crippen molar-refractivity contribution in [1.29, 1.82) is 0 Å². The van der Waals surface area contributed by atoms with Crippen molar-refractivity contribution in [1.82, 2.24) is 25.1 Å². The van der Waals surface area contributed by atoms with E-state index in [0.29, 0.717) is 24.4 Å². The summed E-state index contributed by atoms with van der Waals surface area (Å²) in [4.78, 5) is 25.8. The molecule has 9 heteroatoms. The predicted octanol–water partition coefficient (Wildman–Crippen LogP) is 0.453. The van der Waals surface area contributed by atoms with Gasteiger partial charge < -0.3 is 10.6 Å². The van der Waals surface area contributed by atoms with Crippen molar-refractivity contribution in [3.05, 3.63) is 41.5 Å². The van der Waals surface area contributed by atoms with Crippen LogP contribution in [0.2, 0.25) is 0 Å². The molecule has 1 aromatic heterocycles. The Labute approximate surface area is 143 Å². The van der Waals surface area contributed by atoms with Crippen LogP contribution in [0.5, 0.6) is 0 Å². The largest absolute Gasteiger partial charge is 0.369 e. The van der Waals surface area contributed by atoms with Crippen LogP contribution in [0.15, 0.2) is 24.3 Å². The number of tetrazole rings is 1. The number of nitrogens with zero attached hydrogens (tertiary/aromatic N) is 5. The highest BCUT2D eigenvalue weighted by atomic mass is 19.1. The van der Waals surface area contributed by atoms with Crippen LogP contribution in [0.3, 0.4) is 0 Å². The molecular weight excluding hydrogens is 327 g/mol. The highest BCUT2D eigenvalue weighted by molar-refractivity contribution is 6.18. The average molecular weight is 344 g/mol.